The minimum Gasteiger partial charge on any atom is -0.398 e. The average Bonchev–Trinajstić information content (AvgIpc) is 2.16. The molecule has 16 heavy (non-hydrogen) atoms. The molecule has 0 saturated heterocycles. The highest BCUT2D eigenvalue weighted by Gasteiger charge is 2.13. The minimum atomic E-state index is -0.441. The van der Waals surface area contributed by atoms with Gasteiger partial charge in [-0.25, -0.2) is 0 Å². The molecule has 1 amide bonds. The minimum absolute atomic E-state index is 0.287. The zero-order valence-electron chi connectivity index (χ0n) is 9.03. The number of carbonyl (C=O) groups excluding carboxylic acids is 1. The molecule has 0 saturated carbocycles. The first-order valence-corrected chi connectivity index (χ1v) is 5.40. The van der Waals surface area contributed by atoms with Crippen molar-refractivity contribution in [2.75, 3.05) is 12.3 Å². The third-order valence-electron chi connectivity index (χ3n) is 2.12. The average molecular weight is 243 g/mol. The van der Waals surface area contributed by atoms with Crippen LogP contribution in [0.1, 0.15) is 23.7 Å². The van der Waals surface area contributed by atoms with Gasteiger partial charge in [0, 0.05) is 12.2 Å². The Balaban J connectivity index is 2.66. The maximum Gasteiger partial charge on any atom is 0.254 e. The Hall–Kier alpha value is -1.26. The molecule has 0 fully saturated rings. The summed E-state index contributed by atoms with van der Waals surface area (Å²) in [5.41, 5.74) is 6.30. The summed E-state index contributed by atoms with van der Waals surface area (Å²) >= 11 is 5.88. The van der Waals surface area contributed by atoms with E-state index in [0.717, 1.165) is 0 Å². The zero-order chi connectivity index (χ0) is 12.1. The molecule has 1 atom stereocenters. The third kappa shape index (κ3) is 3.40. The van der Waals surface area contributed by atoms with E-state index in [1.54, 1.807) is 25.1 Å². The predicted molar refractivity (Wildman–Crippen MR) is 64.5 cm³/mol. The number of aliphatic hydroxyl groups excluding tert-OH is 1. The lowest BCUT2D eigenvalue weighted by molar-refractivity contribution is 0.0946. The molecular formula is C11H15ClN2O2. The standard InChI is InChI=1S/C11H15ClN2O2/c1-7(15)5-6-14-11(16)10-8(12)3-2-4-9(10)13/h2-4,7,15H,5-6,13H2,1H3,(H,14,16). The summed E-state index contributed by atoms with van der Waals surface area (Å²) in [5, 5.41) is 12.0. The summed E-state index contributed by atoms with van der Waals surface area (Å²) < 4.78 is 0. The summed E-state index contributed by atoms with van der Waals surface area (Å²) in [6.45, 7) is 2.05. The number of carbonyl (C=O) groups is 1. The van der Waals surface area contributed by atoms with Gasteiger partial charge < -0.3 is 16.2 Å². The van der Waals surface area contributed by atoms with Crippen LogP contribution in [0.4, 0.5) is 5.69 Å². The molecule has 4 N–H and O–H groups in total. The van der Waals surface area contributed by atoms with E-state index in [-0.39, 0.29) is 11.5 Å². The number of hydrogen-bond donors (Lipinski definition) is 3. The van der Waals surface area contributed by atoms with Crippen molar-refractivity contribution in [2.24, 2.45) is 0 Å². The number of nitrogens with one attached hydrogen (secondary N) is 1. The number of anilines is 1. The SMILES string of the molecule is CC(O)CCNC(=O)c1c(N)cccc1Cl. The van der Waals surface area contributed by atoms with Crippen LogP contribution in [0.5, 0.6) is 0 Å². The Morgan fingerprint density at radius 3 is 2.88 bits per heavy atom. The number of nitrogens with two attached hydrogens (primary N) is 1. The maximum absolute atomic E-state index is 11.7. The molecule has 0 aliphatic heterocycles. The van der Waals surface area contributed by atoms with Crippen LogP contribution in [0, 0.1) is 0 Å². The van der Waals surface area contributed by atoms with Gasteiger partial charge in [0.15, 0.2) is 0 Å². The van der Waals surface area contributed by atoms with Crippen molar-refractivity contribution < 1.29 is 9.90 Å². The second-order valence-corrected chi connectivity index (χ2v) is 4.00. The molecule has 1 aromatic carbocycles. The highest BCUT2D eigenvalue weighted by molar-refractivity contribution is 6.34. The lowest BCUT2D eigenvalue weighted by Gasteiger charge is -2.09. The van der Waals surface area contributed by atoms with Gasteiger partial charge in [-0.15, -0.1) is 0 Å². The highest BCUT2D eigenvalue weighted by Crippen LogP contribution is 2.21. The molecule has 0 aromatic heterocycles. The van der Waals surface area contributed by atoms with Gasteiger partial charge in [0.2, 0.25) is 0 Å². The second kappa shape index (κ2) is 5.72. The van der Waals surface area contributed by atoms with Crippen molar-refractivity contribution in [2.45, 2.75) is 19.4 Å². The highest BCUT2D eigenvalue weighted by atomic mass is 35.5. The number of benzene rings is 1. The van der Waals surface area contributed by atoms with Gasteiger partial charge in [-0.2, -0.15) is 0 Å². The fourth-order valence-electron chi connectivity index (χ4n) is 1.26. The Kier molecular flexibility index (Phi) is 4.58. The fourth-order valence-corrected chi connectivity index (χ4v) is 1.53. The van der Waals surface area contributed by atoms with E-state index >= 15 is 0 Å². The number of amides is 1. The molecule has 1 aromatic rings. The largest absolute Gasteiger partial charge is 0.398 e. The van der Waals surface area contributed by atoms with Crippen molar-refractivity contribution >= 4 is 23.2 Å². The van der Waals surface area contributed by atoms with E-state index in [2.05, 4.69) is 5.32 Å². The van der Waals surface area contributed by atoms with Crippen LogP contribution in [0.2, 0.25) is 5.02 Å². The van der Waals surface area contributed by atoms with Gasteiger partial charge >= 0.3 is 0 Å². The van der Waals surface area contributed by atoms with Crippen LogP contribution in [0.15, 0.2) is 18.2 Å². The van der Waals surface area contributed by atoms with Gasteiger partial charge in [0.05, 0.1) is 16.7 Å². The van der Waals surface area contributed by atoms with Crippen molar-refractivity contribution in [3.05, 3.63) is 28.8 Å². The molecule has 0 aliphatic rings. The van der Waals surface area contributed by atoms with Crippen molar-refractivity contribution in [3.8, 4) is 0 Å². The van der Waals surface area contributed by atoms with Crippen LogP contribution in [-0.4, -0.2) is 23.7 Å². The molecular weight excluding hydrogens is 228 g/mol. The first-order valence-electron chi connectivity index (χ1n) is 5.02. The maximum atomic E-state index is 11.7. The third-order valence-corrected chi connectivity index (χ3v) is 2.44. The van der Waals surface area contributed by atoms with Gasteiger partial charge in [0.1, 0.15) is 0 Å². The van der Waals surface area contributed by atoms with E-state index in [1.807, 2.05) is 0 Å². The number of aliphatic hydroxyl groups is 1. The summed E-state index contributed by atoms with van der Waals surface area (Å²) in [6.07, 6.45) is 0.0553. The lowest BCUT2D eigenvalue weighted by Crippen LogP contribution is -2.27. The summed E-state index contributed by atoms with van der Waals surface area (Å²) in [6, 6.07) is 4.92. The first-order chi connectivity index (χ1) is 7.52. The van der Waals surface area contributed by atoms with Gasteiger partial charge in [-0.1, -0.05) is 17.7 Å². The summed E-state index contributed by atoms with van der Waals surface area (Å²) in [5.74, 6) is -0.316. The normalized spacial score (nSPS) is 12.2. The van der Waals surface area contributed by atoms with Crippen LogP contribution < -0.4 is 11.1 Å². The Labute approximate surface area is 99.4 Å². The van der Waals surface area contributed by atoms with E-state index in [1.165, 1.54) is 0 Å². The Morgan fingerprint density at radius 1 is 1.62 bits per heavy atom. The summed E-state index contributed by atoms with van der Waals surface area (Å²) in [4.78, 5) is 11.7. The Bertz CT molecular complexity index is 360. The molecule has 0 radical (unpaired) electrons. The molecule has 4 nitrogen and oxygen atoms in total. The molecule has 0 bridgehead atoms. The molecule has 1 rings (SSSR count). The van der Waals surface area contributed by atoms with Crippen LogP contribution in [-0.2, 0) is 0 Å². The first kappa shape index (κ1) is 12.8. The molecule has 0 spiro atoms. The molecule has 5 heteroatoms. The van der Waals surface area contributed by atoms with Gasteiger partial charge in [-0.05, 0) is 25.5 Å². The smallest absolute Gasteiger partial charge is 0.254 e. The van der Waals surface area contributed by atoms with Crippen LogP contribution >= 0.6 is 11.6 Å². The van der Waals surface area contributed by atoms with Crippen molar-refractivity contribution in [3.63, 3.8) is 0 Å². The second-order valence-electron chi connectivity index (χ2n) is 3.60. The van der Waals surface area contributed by atoms with Crippen LogP contribution in [0.3, 0.4) is 0 Å². The van der Waals surface area contributed by atoms with E-state index in [4.69, 9.17) is 22.4 Å². The Morgan fingerprint density at radius 2 is 2.31 bits per heavy atom. The fraction of sp³-hybridized carbons (Fsp3) is 0.364. The predicted octanol–water partition coefficient (Wildman–Crippen LogP) is 1.42. The zero-order valence-corrected chi connectivity index (χ0v) is 9.79. The number of hydrogen-bond acceptors (Lipinski definition) is 3. The monoisotopic (exact) mass is 242 g/mol. The van der Waals surface area contributed by atoms with Crippen LogP contribution in [0.25, 0.3) is 0 Å². The molecule has 88 valence electrons. The van der Waals surface area contributed by atoms with Crippen molar-refractivity contribution in [1.82, 2.24) is 5.32 Å². The summed E-state index contributed by atoms with van der Waals surface area (Å²) in [7, 11) is 0. The van der Waals surface area contributed by atoms with Gasteiger partial charge in [0.25, 0.3) is 5.91 Å². The number of halogens is 1. The topological polar surface area (TPSA) is 75.3 Å². The number of rotatable bonds is 4. The number of nitrogen functional groups attached to an aromatic ring is 1. The molecule has 0 aliphatic carbocycles. The molecule has 1 unspecified atom stereocenters. The lowest BCUT2D eigenvalue weighted by atomic mass is 10.1. The van der Waals surface area contributed by atoms with Gasteiger partial charge in [-0.3, -0.25) is 4.79 Å². The quantitative estimate of drug-likeness (QED) is 0.699. The van der Waals surface area contributed by atoms with E-state index in [9.17, 15) is 4.79 Å². The molecule has 0 heterocycles. The van der Waals surface area contributed by atoms with E-state index < -0.39 is 6.10 Å². The van der Waals surface area contributed by atoms with E-state index in [0.29, 0.717) is 23.7 Å². The van der Waals surface area contributed by atoms with Crippen molar-refractivity contribution in [1.29, 1.82) is 0 Å².